The highest BCUT2D eigenvalue weighted by Crippen LogP contribution is 2.31. The minimum Gasteiger partial charge on any atom is -0.495 e. The summed E-state index contributed by atoms with van der Waals surface area (Å²) < 4.78 is 6.98. The molecule has 0 atom stereocenters. The number of halogens is 1. The molecule has 9 heteroatoms. The first-order chi connectivity index (χ1) is 16.5. The van der Waals surface area contributed by atoms with Gasteiger partial charge in [-0.05, 0) is 43.2 Å². The molecule has 0 saturated carbocycles. The van der Waals surface area contributed by atoms with E-state index in [1.54, 1.807) is 42.6 Å². The van der Waals surface area contributed by atoms with Crippen LogP contribution in [-0.4, -0.2) is 45.7 Å². The van der Waals surface area contributed by atoms with Crippen LogP contribution in [0.15, 0.2) is 65.7 Å². The molecule has 0 spiro atoms. The third-order valence-corrected chi connectivity index (χ3v) is 6.54. The van der Waals surface area contributed by atoms with Crippen molar-refractivity contribution in [2.24, 2.45) is 0 Å². The number of carbonyl (C=O) groups is 1. The van der Waals surface area contributed by atoms with E-state index in [-0.39, 0.29) is 17.8 Å². The number of urea groups is 1. The van der Waals surface area contributed by atoms with E-state index in [1.165, 1.54) is 0 Å². The number of imidazole rings is 1. The van der Waals surface area contributed by atoms with Crippen molar-refractivity contribution in [2.75, 3.05) is 25.5 Å². The summed E-state index contributed by atoms with van der Waals surface area (Å²) in [7, 11) is 1.54. The highest BCUT2D eigenvalue weighted by Gasteiger charge is 2.26. The fourth-order valence-electron chi connectivity index (χ4n) is 4.55. The van der Waals surface area contributed by atoms with Crippen LogP contribution in [0.3, 0.4) is 0 Å². The van der Waals surface area contributed by atoms with Crippen molar-refractivity contribution >= 4 is 34.4 Å². The summed E-state index contributed by atoms with van der Waals surface area (Å²) in [6.07, 6.45) is 4.88. The van der Waals surface area contributed by atoms with E-state index >= 15 is 0 Å². The van der Waals surface area contributed by atoms with E-state index in [1.807, 2.05) is 34.9 Å². The second-order valence-corrected chi connectivity index (χ2v) is 8.65. The van der Waals surface area contributed by atoms with Gasteiger partial charge < -0.3 is 19.9 Å². The number of rotatable bonds is 4. The SMILES string of the molecule is COc1ccc(NC(=O)N2CCC(n3c(=O)[nH]c4c(-c5cccnc5)cccc43)CC2)cc1Cl. The molecule has 2 N–H and O–H groups in total. The first kappa shape index (κ1) is 22.0. The number of nitrogens with zero attached hydrogens (tertiary/aromatic N) is 3. The largest absolute Gasteiger partial charge is 0.495 e. The van der Waals surface area contributed by atoms with Gasteiger partial charge in [-0.1, -0.05) is 29.8 Å². The number of aromatic nitrogens is 3. The Labute approximate surface area is 201 Å². The topological polar surface area (TPSA) is 92.2 Å². The number of para-hydroxylation sites is 1. The first-order valence-corrected chi connectivity index (χ1v) is 11.5. The Morgan fingerprint density at radius 3 is 2.71 bits per heavy atom. The molecule has 4 aromatic rings. The van der Waals surface area contributed by atoms with Crippen LogP contribution in [0, 0.1) is 0 Å². The van der Waals surface area contributed by atoms with Gasteiger partial charge in [0.2, 0.25) is 0 Å². The molecule has 2 aromatic heterocycles. The number of anilines is 1. The number of fused-ring (bicyclic) bond motifs is 1. The van der Waals surface area contributed by atoms with Crippen molar-refractivity contribution in [1.82, 2.24) is 19.4 Å². The maximum atomic E-state index is 12.9. The number of methoxy groups -OCH3 is 1. The summed E-state index contributed by atoms with van der Waals surface area (Å²) >= 11 is 6.16. The second-order valence-electron chi connectivity index (χ2n) is 8.24. The third kappa shape index (κ3) is 4.12. The van der Waals surface area contributed by atoms with Crippen molar-refractivity contribution in [1.29, 1.82) is 0 Å². The minimum absolute atomic E-state index is 0.00452. The molecule has 1 fully saturated rings. The van der Waals surface area contributed by atoms with Gasteiger partial charge in [-0.15, -0.1) is 0 Å². The average Bonchev–Trinajstić information content (AvgIpc) is 3.20. The van der Waals surface area contributed by atoms with Crippen LogP contribution in [0.2, 0.25) is 5.02 Å². The standard InChI is InChI=1S/C25H24ClN5O3/c1-34-22-8-7-17(14-20(22)26)28-24(32)30-12-9-18(10-13-30)31-21-6-2-5-19(23(21)29-25(31)33)16-4-3-11-27-15-16/h2-8,11,14-15,18H,9-10,12-13H2,1H3,(H,28,32)(H,29,33). The van der Waals surface area contributed by atoms with Gasteiger partial charge in [0.25, 0.3) is 0 Å². The van der Waals surface area contributed by atoms with Gasteiger partial charge in [-0.25, -0.2) is 9.59 Å². The zero-order valence-electron chi connectivity index (χ0n) is 18.6. The van der Waals surface area contributed by atoms with Crippen LogP contribution in [0.4, 0.5) is 10.5 Å². The number of ether oxygens (including phenoxy) is 1. The normalized spacial score (nSPS) is 14.4. The van der Waals surface area contributed by atoms with E-state index in [2.05, 4.69) is 15.3 Å². The molecule has 3 heterocycles. The van der Waals surface area contributed by atoms with E-state index in [4.69, 9.17) is 16.3 Å². The highest BCUT2D eigenvalue weighted by atomic mass is 35.5. The Bertz CT molecular complexity index is 1390. The summed E-state index contributed by atoms with van der Waals surface area (Å²) in [5.41, 5.74) is 4.03. The van der Waals surface area contributed by atoms with Crippen LogP contribution in [0.5, 0.6) is 5.75 Å². The number of likely N-dealkylation sites (tertiary alicyclic amines) is 1. The third-order valence-electron chi connectivity index (χ3n) is 6.25. The number of carbonyl (C=O) groups excluding carboxylic acids is 1. The molecule has 2 aromatic carbocycles. The molecule has 1 aliphatic rings. The Morgan fingerprint density at radius 1 is 1.18 bits per heavy atom. The number of nitrogens with one attached hydrogen (secondary N) is 2. The highest BCUT2D eigenvalue weighted by molar-refractivity contribution is 6.32. The molecule has 1 aliphatic heterocycles. The van der Waals surface area contributed by atoms with Crippen molar-refractivity contribution < 1.29 is 9.53 Å². The van der Waals surface area contributed by atoms with Crippen LogP contribution in [0.1, 0.15) is 18.9 Å². The Hall–Kier alpha value is -3.78. The predicted octanol–water partition coefficient (Wildman–Crippen LogP) is 4.92. The Morgan fingerprint density at radius 2 is 2.00 bits per heavy atom. The smallest absolute Gasteiger partial charge is 0.326 e. The number of hydrogen-bond acceptors (Lipinski definition) is 4. The van der Waals surface area contributed by atoms with Gasteiger partial charge in [0.15, 0.2) is 0 Å². The zero-order valence-corrected chi connectivity index (χ0v) is 19.4. The predicted molar refractivity (Wildman–Crippen MR) is 133 cm³/mol. The van der Waals surface area contributed by atoms with Gasteiger partial charge >= 0.3 is 11.7 Å². The van der Waals surface area contributed by atoms with Gasteiger partial charge in [0.05, 0.1) is 23.2 Å². The lowest BCUT2D eigenvalue weighted by Crippen LogP contribution is -2.42. The lowest BCUT2D eigenvalue weighted by atomic mass is 10.0. The fourth-order valence-corrected chi connectivity index (χ4v) is 4.81. The Kier molecular flexibility index (Phi) is 5.98. The number of aromatic amines is 1. The lowest BCUT2D eigenvalue weighted by molar-refractivity contribution is 0.184. The summed E-state index contributed by atoms with van der Waals surface area (Å²) in [4.78, 5) is 34.7. The summed E-state index contributed by atoms with van der Waals surface area (Å²) in [5, 5.41) is 3.32. The van der Waals surface area contributed by atoms with Crippen molar-refractivity contribution in [3.63, 3.8) is 0 Å². The van der Waals surface area contributed by atoms with E-state index in [0.29, 0.717) is 42.4 Å². The van der Waals surface area contributed by atoms with Crippen molar-refractivity contribution in [3.8, 4) is 16.9 Å². The number of pyridine rings is 1. The molecule has 0 bridgehead atoms. The van der Waals surface area contributed by atoms with Crippen LogP contribution < -0.4 is 15.7 Å². The average molecular weight is 478 g/mol. The molecular weight excluding hydrogens is 454 g/mol. The van der Waals surface area contributed by atoms with Gasteiger partial charge in [0.1, 0.15) is 5.75 Å². The van der Waals surface area contributed by atoms with Crippen molar-refractivity contribution in [2.45, 2.75) is 18.9 Å². The quantitative estimate of drug-likeness (QED) is 0.436. The molecule has 0 aliphatic carbocycles. The van der Waals surface area contributed by atoms with Crippen molar-refractivity contribution in [3.05, 3.63) is 76.4 Å². The maximum absolute atomic E-state index is 12.9. The fraction of sp³-hybridized carbons (Fsp3) is 0.240. The molecule has 0 unspecified atom stereocenters. The number of piperidine rings is 1. The second kappa shape index (κ2) is 9.23. The summed E-state index contributed by atoms with van der Waals surface area (Å²) in [5.74, 6) is 0.552. The number of benzene rings is 2. The van der Waals surface area contributed by atoms with Gasteiger partial charge in [-0.3, -0.25) is 9.55 Å². The monoisotopic (exact) mass is 477 g/mol. The molecular formula is C25H24ClN5O3. The molecule has 8 nitrogen and oxygen atoms in total. The zero-order chi connectivity index (χ0) is 23.7. The first-order valence-electron chi connectivity index (χ1n) is 11.1. The van der Waals surface area contributed by atoms with E-state index < -0.39 is 0 Å². The number of amides is 2. The maximum Gasteiger partial charge on any atom is 0.326 e. The molecule has 34 heavy (non-hydrogen) atoms. The molecule has 5 rings (SSSR count). The number of H-pyrrole nitrogens is 1. The van der Waals surface area contributed by atoms with E-state index in [0.717, 1.165) is 22.2 Å². The van der Waals surface area contributed by atoms with E-state index in [9.17, 15) is 9.59 Å². The minimum atomic E-state index is -0.190. The summed E-state index contributed by atoms with van der Waals surface area (Å²) in [6, 6.07) is 14.7. The van der Waals surface area contributed by atoms with Crippen LogP contribution in [0.25, 0.3) is 22.2 Å². The Balaban J connectivity index is 1.32. The van der Waals surface area contributed by atoms with Crippen LogP contribution >= 0.6 is 11.6 Å². The number of hydrogen-bond donors (Lipinski definition) is 2. The van der Waals surface area contributed by atoms with Crippen LogP contribution in [-0.2, 0) is 0 Å². The molecule has 0 radical (unpaired) electrons. The van der Waals surface area contributed by atoms with Gasteiger partial charge in [0, 0.05) is 48.3 Å². The lowest BCUT2D eigenvalue weighted by Gasteiger charge is -2.32. The molecule has 174 valence electrons. The summed E-state index contributed by atoms with van der Waals surface area (Å²) in [6.45, 7) is 1.09. The van der Waals surface area contributed by atoms with Gasteiger partial charge in [-0.2, -0.15) is 0 Å². The molecule has 1 saturated heterocycles. The molecule has 2 amide bonds.